The van der Waals surface area contributed by atoms with Gasteiger partial charge in [0.1, 0.15) is 0 Å². The number of ketones is 1. The molecule has 0 aromatic heterocycles. The summed E-state index contributed by atoms with van der Waals surface area (Å²) in [6.07, 6.45) is 3.76. The quantitative estimate of drug-likeness (QED) is 0.616. The first-order chi connectivity index (χ1) is 7.03. The van der Waals surface area contributed by atoms with Crippen LogP contribution in [0.3, 0.4) is 0 Å². The van der Waals surface area contributed by atoms with Crippen molar-refractivity contribution in [2.45, 2.75) is 26.7 Å². The van der Waals surface area contributed by atoms with Crippen molar-refractivity contribution < 1.29 is 9.53 Å². The molecule has 15 heavy (non-hydrogen) atoms. The molecule has 2 nitrogen and oxygen atoms in total. The molecule has 2 rings (SSSR count). The summed E-state index contributed by atoms with van der Waals surface area (Å²) in [5.74, 6) is 0.603. The summed E-state index contributed by atoms with van der Waals surface area (Å²) >= 11 is 0. The summed E-state index contributed by atoms with van der Waals surface area (Å²) < 4.78 is 5.54. The molecule has 0 bridgehead atoms. The first-order valence-electron chi connectivity index (χ1n) is 5.48. The lowest BCUT2D eigenvalue weighted by Crippen LogP contribution is -2.25. The van der Waals surface area contributed by atoms with E-state index in [-0.39, 0.29) is 11.2 Å². The van der Waals surface area contributed by atoms with Crippen LogP contribution in [0.4, 0.5) is 0 Å². The van der Waals surface area contributed by atoms with E-state index in [1.165, 1.54) is 0 Å². The van der Waals surface area contributed by atoms with Crippen LogP contribution in [-0.4, -0.2) is 19.0 Å². The Morgan fingerprint density at radius 1 is 1.67 bits per heavy atom. The fourth-order valence-corrected chi connectivity index (χ4v) is 2.59. The lowest BCUT2D eigenvalue weighted by Gasteiger charge is -2.27. The molecule has 0 unspecified atom stereocenters. The van der Waals surface area contributed by atoms with Crippen molar-refractivity contribution in [1.29, 1.82) is 0 Å². The number of fused-ring (bicyclic) bond motifs is 1. The molecule has 0 amide bonds. The summed E-state index contributed by atoms with van der Waals surface area (Å²) in [5, 5.41) is 0. The standard InChI is InChI=1S/C13H18O2/c1-9-6-11(10(2)14)4-5-13(3)8-15-7-12(9)13/h4,12H,1,5-8H2,2-3H3/t12-,13-/m1/s1. The Morgan fingerprint density at radius 2 is 2.40 bits per heavy atom. The molecular weight excluding hydrogens is 188 g/mol. The van der Waals surface area contributed by atoms with Gasteiger partial charge >= 0.3 is 0 Å². The van der Waals surface area contributed by atoms with Gasteiger partial charge in [0.15, 0.2) is 5.78 Å². The highest BCUT2D eigenvalue weighted by Crippen LogP contribution is 2.45. The summed E-state index contributed by atoms with van der Waals surface area (Å²) in [7, 11) is 0. The van der Waals surface area contributed by atoms with Gasteiger partial charge in [0, 0.05) is 11.3 Å². The third-order valence-corrected chi connectivity index (χ3v) is 3.73. The molecule has 1 heterocycles. The predicted octanol–water partition coefficient (Wildman–Crippen LogP) is 2.50. The van der Waals surface area contributed by atoms with Crippen LogP contribution in [0.5, 0.6) is 0 Å². The molecule has 0 aromatic rings. The van der Waals surface area contributed by atoms with Gasteiger partial charge in [-0.25, -0.2) is 0 Å². The molecule has 1 saturated heterocycles. The summed E-state index contributed by atoms with van der Waals surface area (Å²) in [6, 6.07) is 0. The van der Waals surface area contributed by atoms with E-state index in [9.17, 15) is 4.79 Å². The summed E-state index contributed by atoms with van der Waals surface area (Å²) in [6.45, 7) is 9.55. The Kier molecular flexibility index (Phi) is 2.55. The molecule has 0 aromatic carbocycles. The van der Waals surface area contributed by atoms with Crippen LogP contribution >= 0.6 is 0 Å². The maximum absolute atomic E-state index is 11.4. The highest BCUT2D eigenvalue weighted by molar-refractivity contribution is 5.93. The maximum atomic E-state index is 11.4. The molecule has 0 radical (unpaired) electrons. The van der Waals surface area contributed by atoms with Crippen molar-refractivity contribution >= 4 is 5.78 Å². The van der Waals surface area contributed by atoms with E-state index in [1.54, 1.807) is 6.92 Å². The van der Waals surface area contributed by atoms with Crippen molar-refractivity contribution in [3.05, 3.63) is 23.8 Å². The molecular formula is C13H18O2. The van der Waals surface area contributed by atoms with Gasteiger partial charge in [0.2, 0.25) is 0 Å². The van der Waals surface area contributed by atoms with Gasteiger partial charge in [-0.1, -0.05) is 25.2 Å². The number of hydrogen-bond acceptors (Lipinski definition) is 2. The van der Waals surface area contributed by atoms with Crippen molar-refractivity contribution in [1.82, 2.24) is 0 Å². The molecule has 0 saturated carbocycles. The zero-order valence-corrected chi connectivity index (χ0v) is 9.51. The molecule has 0 spiro atoms. The van der Waals surface area contributed by atoms with E-state index < -0.39 is 0 Å². The SMILES string of the molecule is C=C1CC(C(C)=O)=CC[C@]2(C)COC[C@H]12. The average Bonchev–Trinajstić information content (AvgIpc) is 2.49. The second-order valence-electron chi connectivity index (χ2n) is 5.05. The third kappa shape index (κ3) is 1.78. The fraction of sp³-hybridized carbons (Fsp3) is 0.615. The Hall–Kier alpha value is -0.890. The van der Waals surface area contributed by atoms with Gasteiger partial charge in [-0.05, 0) is 25.3 Å². The lowest BCUT2D eigenvalue weighted by molar-refractivity contribution is -0.113. The van der Waals surface area contributed by atoms with Crippen molar-refractivity contribution in [2.75, 3.05) is 13.2 Å². The molecule has 2 atom stereocenters. The number of rotatable bonds is 1. The predicted molar refractivity (Wildman–Crippen MR) is 59.6 cm³/mol. The van der Waals surface area contributed by atoms with Crippen LogP contribution in [0, 0.1) is 11.3 Å². The van der Waals surface area contributed by atoms with Gasteiger partial charge in [-0.2, -0.15) is 0 Å². The van der Waals surface area contributed by atoms with E-state index in [1.807, 2.05) is 0 Å². The minimum atomic E-state index is 0.161. The molecule has 2 heteroatoms. The fourth-order valence-electron chi connectivity index (χ4n) is 2.59. The molecule has 82 valence electrons. The van der Waals surface area contributed by atoms with Gasteiger partial charge in [-0.15, -0.1) is 0 Å². The number of allylic oxidation sites excluding steroid dienone is 2. The Morgan fingerprint density at radius 3 is 3.07 bits per heavy atom. The third-order valence-electron chi connectivity index (χ3n) is 3.73. The highest BCUT2D eigenvalue weighted by Gasteiger charge is 2.42. The first-order valence-corrected chi connectivity index (χ1v) is 5.48. The summed E-state index contributed by atoms with van der Waals surface area (Å²) in [4.78, 5) is 11.4. The largest absolute Gasteiger partial charge is 0.380 e. The van der Waals surface area contributed by atoms with E-state index in [2.05, 4.69) is 19.6 Å². The zero-order chi connectivity index (χ0) is 11.1. The number of Topliss-reactive ketones (excluding diaryl/α,β-unsaturated/α-hetero) is 1. The second kappa shape index (κ2) is 3.60. The average molecular weight is 206 g/mol. The monoisotopic (exact) mass is 206 g/mol. The Balaban J connectivity index is 2.29. The minimum absolute atomic E-state index is 0.161. The summed E-state index contributed by atoms with van der Waals surface area (Å²) in [5.41, 5.74) is 2.25. The van der Waals surface area contributed by atoms with Gasteiger partial charge in [-0.3, -0.25) is 4.79 Å². The number of ether oxygens (including phenoxy) is 1. The van der Waals surface area contributed by atoms with Gasteiger partial charge in [0.05, 0.1) is 13.2 Å². The Labute approximate surface area is 91.0 Å². The molecule has 0 N–H and O–H groups in total. The van der Waals surface area contributed by atoms with Crippen LogP contribution in [0.1, 0.15) is 26.7 Å². The normalized spacial score (nSPS) is 35.7. The van der Waals surface area contributed by atoms with Crippen LogP contribution in [0.2, 0.25) is 0 Å². The van der Waals surface area contributed by atoms with Crippen molar-refractivity contribution in [3.63, 3.8) is 0 Å². The van der Waals surface area contributed by atoms with Crippen molar-refractivity contribution in [3.8, 4) is 0 Å². The number of carbonyl (C=O) groups is 1. The number of carbonyl (C=O) groups excluding carboxylic acids is 1. The van der Waals surface area contributed by atoms with E-state index in [4.69, 9.17) is 4.74 Å². The minimum Gasteiger partial charge on any atom is -0.380 e. The maximum Gasteiger partial charge on any atom is 0.155 e. The van der Waals surface area contributed by atoms with Crippen LogP contribution in [0.25, 0.3) is 0 Å². The topological polar surface area (TPSA) is 26.3 Å². The smallest absolute Gasteiger partial charge is 0.155 e. The molecule has 2 aliphatic rings. The van der Waals surface area contributed by atoms with Crippen LogP contribution < -0.4 is 0 Å². The lowest BCUT2D eigenvalue weighted by atomic mass is 9.75. The highest BCUT2D eigenvalue weighted by atomic mass is 16.5. The van der Waals surface area contributed by atoms with E-state index >= 15 is 0 Å². The Bertz CT molecular complexity index is 340. The number of hydrogen-bond donors (Lipinski definition) is 0. The van der Waals surface area contributed by atoms with Gasteiger partial charge in [0.25, 0.3) is 0 Å². The molecule has 1 aliphatic heterocycles. The molecule has 1 aliphatic carbocycles. The van der Waals surface area contributed by atoms with E-state index in [0.717, 1.165) is 37.2 Å². The van der Waals surface area contributed by atoms with Crippen LogP contribution in [0.15, 0.2) is 23.8 Å². The van der Waals surface area contributed by atoms with Crippen molar-refractivity contribution in [2.24, 2.45) is 11.3 Å². The van der Waals surface area contributed by atoms with Crippen LogP contribution in [-0.2, 0) is 9.53 Å². The van der Waals surface area contributed by atoms with E-state index in [0.29, 0.717) is 5.92 Å². The zero-order valence-electron chi connectivity index (χ0n) is 9.51. The first kappa shape index (κ1) is 10.6. The molecule has 1 fully saturated rings. The second-order valence-corrected chi connectivity index (χ2v) is 5.05. The van der Waals surface area contributed by atoms with Gasteiger partial charge < -0.3 is 4.74 Å².